The van der Waals surface area contributed by atoms with E-state index in [9.17, 15) is 9.59 Å². The third-order valence-electron chi connectivity index (χ3n) is 2.78. The first-order valence-electron chi connectivity index (χ1n) is 6.06. The fourth-order valence-corrected chi connectivity index (χ4v) is 1.68. The number of hydroxylamine groups is 2. The van der Waals surface area contributed by atoms with E-state index in [1.165, 1.54) is 5.06 Å². The first-order chi connectivity index (χ1) is 8.36. The van der Waals surface area contributed by atoms with Gasteiger partial charge in [0.2, 0.25) is 0 Å². The van der Waals surface area contributed by atoms with Gasteiger partial charge in [-0.05, 0) is 40.0 Å². The molecule has 1 fully saturated rings. The molecule has 0 aromatic heterocycles. The molecule has 1 heterocycles. The summed E-state index contributed by atoms with van der Waals surface area (Å²) in [5.74, 6) is -0.720. The first-order valence-corrected chi connectivity index (χ1v) is 6.06. The lowest BCUT2D eigenvalue weighted by molar-refractivity contribution is -0.215. The van der Waals surface area contributed by atoms with Crippen LogP contribution >= 0.6 is 0 Å². The van der Waals surface area contributed by atoms with Gasteiger partial charge >= 0.3 is 12.2 Å². The molecule has 18 heavy (non-hydrogen) atoms. The molecule has 0 amide bonds. The van der Waals surface area contributed by atoms with E-state index in [0.29, 0.717) is 13.0 Å². The average molecular weight is 253 g/mol. The number of ketones is 1. The zero-order valence-electron chi connectivity index (χ0n) is 11.0. The molecular formula is C12H19N3O3. The van der Waals surface area contributed by atoms with Gasteiger partial charge in [0, 0.05) is 6.54 Å². The number of Topliss-reactive ketones (excluding diaryl/α,β-unsaturated/α-hetero) is 1. The number of carbonyl (C=O) groups is 2. The third kappa shape index (κ3) is 3.75. The summed E-state index contributed by atoms with van der Waals surface area (Å²) in [6.07, 6.45) is 3.22. The van der Waals surface area contributed by atoms with Gasteiger partial charge in [-0.25, -0.2) is 4.79 Å². The van der Waals surface area contributed by atoms with Gasteiger partial charge in [0.05, 0.1) is 5.41 Å². The van der Waals surface area contributed by atoms with E-state index >= 15 is 0 Å². The van der Waals surface area contributed by atoms with Crippen molar-refractivity contribution in [2.45, 2.75) is 46.1 Å². The number of piperidine rings is 1. The molecule has 1 rings (SSSR count). The monoisotopic (exact) mass is 253 g/mol. The molecule has 0 aliphatic carbocycles. The van der Waals surface area contributed by atoms with E-state index in [-0.39, 0.29) is 11.8 Å². The van der Waals surface area contributed by atoms with Gasteiger partial charge in [-0.3, -0.25) is 4.79 Å². The Balaban J connectivity index is 2.74. The summed E-state index contributed by atoms with van der Waals surface area (Å²) in [5, 5.41) is 1.40. The summed E-state index contributed by atoms with van der Waals surface area (Å²) in [7, 11) is 0. The van der Waals surface area contributed by atoms with Crippen molar-refractivity contribution in [2.75, 3.05) is 6.54 Å². The van der Waals surface area contributed by atoms with Crippen LogP contribution in [0.3, 0.4) is 0 Å². The van der Waals surface area contributed by atoms with Crippen LogP contribution in [0.4, 0.5) is 0 Å². The molecule has 1 aliphatic heterocycles. The van der Waals surface area contributed by atoms with E-state index in [1.54, 1.807) is 20.8 Å². The molecule has 1 saturated heterocycles. The molecule has 0 bridgehead atoms. The second-order valence-corrected chi connectivity index (χ2v) is 5.43. The minimum atomic E-state index is -0.615. The van der Waals surface area contributed by atoms with Crippen molar-refractivity contribution in [2.24, 2.45) is 5.41 Å². The Morgan fingerprint density at radius 1 is 1.39 bits per heavy atom. The van der Waals surface area contributed by atoms with Crippen LogP contribution < -0.4 is 0 Å². The Hall–Kier alpha value is -1.52. The Kier molecular flexibility index (Phi) is 4.76. The molecule has 6 nitrogen and oxygen atoms in total. The minimum absolute atomic E-state index is 0.348. The van der Waals surface area contributed by atoms with Crippen LogP contribution in [0.25, 0.3) is 5.53 Å². The summed E-state index contributed by atoms with van der Waals surface area (Å²) in [6, 6.07) is -0.541. The minimum Gasteiger partial charge on any atom is -0.367 e. The summed E-state index contributed by atoms with van der Waals surface area (Å²) in [6.45, 7) is 5.79. The van der Waals surface area contributed by atoms with Crippen molar-refractivity contribution in [3.63, 3.8) is 0 Å². The lowest BCUT2D eigenvalue weighted by atomic mass is 9.97. The van der Waals surface area contributed by atoms with Gasteiger partial charge < -0.3 is 10.4 Å². The normalized spacial score (nSPS) is 20.9. The Bertz CT molecular complexity index is 381. The molecular weight excluding hydrogens is 234 g/mol. The molecule has 0 aromatic rings. The summed E-state index contributed by atoms with van der Waals surface area (Å²) in [4.78, 5) is 31.5. The van der Waals surface area contributed by atoms with E-state index in [0.717, 1.165) is 19.1 Å². The second-order valence-electron chi connectivity index (χ2n) is 5.43. The quantitative estimate of drug-likeness (QED) is 0.430. The van der Waals surface area contributed by atoms with Crippen molar-refractivity contribution in [1.29, 1.82) is 0 Å². The van der Waals surface area contributed by atoms with Gasteiger partial charge in [0.15, 0.2) is 0 Å². The van der Waals surface area contributed by atoms with Gasteiger partial charge in [-0.15, -0.1) is 5.06 Å². The maximum absolute atomic E-state index is 11.8. The van der Waals surface area contributed by atoms with Gasteiger partial charge in [-0.1, -0.05) is 0 Å². The first kappa shape index (κ1) is 14.5. The Morgan fingerprint density at radius 2 is 2.06 bits per heavy atom. The highest BCUT2D eigenvalue weighted by atomic mass is 16.7. The Morgan fingerprint density at radius 3 is 2.61 bits per heavy atom. The SMILES string of the molecule is CC(C)(C)C(=O)ON1CCCCC1C(=O)C=[N+]=[N-]. The standard InChI is InChI=1S/C12H19N3O3/c1-12(2,3)11(17)18-15-7-5-4-6-9(15)10(16)8-14-13/h8-9H,4-7H2,1-3H3. The van der Waals surface area contributed by atoms with Gasteiger partial charge in [0.1, 0.15) is 6.04 Å². The molecule has 1 atom stereocenters. The van der Waals surface area contributed by atoms with Crippen molar-refractivity contribution in [3.05, 3.63) is 5.53 Å². The van der Waals surface area contributed by atoms with E-state index in [4.69, 9.17) is 10.4 Å². The van der Waals surface area contributed by atoms with Crippen LogP contribution in [0.5, 0.6) is 0 Å². The van der Waals surface area contributed by atoms with Crippen molar-refractivity contribution < 1.29 is 19.2 Å². The van der Waals surface area contributed by atoms with Gasteiger partial charge in [-0.2, -0.15) is 4.79 Å². The van der Waals surface area contributed by atoms with Crippen LogP contribution in [0, 0.1) is 5.41 Å². The predicted molar refractivity (Wildman–Crippen MR) is 64.6 cm³/mol. The zero-order valence-corrected chi connectivity index (χ0v) is 11.0. The van der Waals surface area contributed by atoms with Crippen molar-refractivity contribution >= 4 is 18.0 Å². The molecule has 0 aromatic carbocycles. The molecule has 100 valence electrons. The lowest BCUT2D eigenvalue weighted by Gasteiger charge is -2.33. The lowest BCUT2D eigenvalue weighted by Crippen LogP contribution is -2.47. The molecule has 0 radical (unpaired) electrons. The molecule has 1 aliphatic rings. The largest absolute Gasteiger partial charge is 0.367 e. The molecule has 1 unspecified atom stereocenters. The second kappa shape index (κ2) is 5.89. The number of carbonyl (C=O) groups excluding carboxylic acids is 2. The average Bonchev–Trinajstić information content (AvgIpc) is 2.28. The maximum Gasteiger partial charge on any atom is 0.330 e. The highest BCUT2D eigenvalue weighted by molar-refractivity contribution is 6.27. The van der Waals surface area contributed by atoms with Crippen molar-refractivity contribution in [1.82, 2.24) is 5.06 Å². The highest BCUT2D eigenvalue weighted by Gasteiger charge is 2.35. The van der Waals surface area contributed by atoms with Crippen LogP contribution in [-0.4, -0.2) is 40.4 Å². The van der Waals surface area contributed by atoms with E-state index < -0.39 is 11.5 Å². The molecule has 6 heteroatoms. The maximum atomic E-state index is 11.8. The number of rotatable bonds is 3. The topological polar surface area (TPSA) is 83.0 Å². The van der Waals surface area contributed by atoms with Crippen LogP contribution in [0.15, 0.2) is 0 Å². The van der Waals surface area contributed by atoms with E-state index in [1.807, 2.05) is 0 Å². The predicted octanol–water partition coefficient (Wildman–Crippen LogP) is 1.21. The summed E-state index contributed by atoms with van der Waals surface area (Å²) >= 11 is 0. The van der Waals surface area contributed by atoms with Crippen LogP contribution in [0.2, 0.25) is 0 Å². The van der Waals surface area contributed by atoms with Crippen LogP contribution in [0.1, 0.15) is 40.0 Å². The smallest absolute Gasteiger partial charge is 0.330 e. The zero-order chi connectivity index (χ0) is 13.8. The fraction of sp³-hybridized carbons (Fsp3) is 0.750. The third-order valence-corrected chi connectivity index (χ3v) is 2.78. The van der Waals surface area contributed by atoms with Crippen LogP contribution in [-0.2, 0) is 14.4 Å². The Labute approximate surface area is 106 Å². The highest BCUT2D eigenvalue weighted by Crippen LogP contribution is 2.22. The number of hydrogen-bond donors (Lipinski definition) is 0. The number of nitrogens with zero attached hydrogens (tertiary/aromatic N) is 3. The van der Waals surface area contributed by atoms with Gasteiger partial charge in [0.25, 0.3) is 5.78 Å². The molecule has 0 spiro atoms. The van der Waals surface area contributed by atoms with E-state index in [2.05, 4.69) is 4.79 Å². The number of hydrogen-bond acceptors (Lipinski definition) is 4. The summed E-state index contributed by atoms with van der Waals surface area (Å²) < 4.78 is 0. The summed E-state index contributed by atoms with van der Waals surface area (Å²) in [5.41, 5.74) is 7.77. The molecule has 0 N–H and O–H groups in total. The van der Waals surface area contributed by atoms with Crippen molar-refractivity contribution in [3.8, 4) is 0 Å². The fourth-order valence-electron chi connectivity index (χ4n) is 1.68. The molecule has 0 saturated carbocycles.